The maximum atomic E-state index is 12.4. The minimum Gasteiger partial charge on any atom is -0.494 e. The fourth-order valence-corrected chi connectivity index (χ4v) is 3.48. The van der Waals surface area contributed by atoms with Crippen LogP contribution in [0.15, 0.2) is 63.9 Å². The fourth-order valence-electron chi connectivity index (χ4n) is 3.48. The predicted octanol–water partition coefficient (Wildman–Crippen LogP) is 4.40. The number of benzene rings is 2. The summed E-state index contributed by atoms with van der Waals surface area (Å²) in [6, 6.07) is 16.3. The lowest BCUT2D eigenvalue weighted by molar-refractivity contribution is 0.230. The molecule has 35 heavy (non-hydrogen) atoms. The summed E-state index contributed by atoms with van der Waals surface area (Å²) in [6.07, 6.45) is 0.384. The number of rotatable bonds is 10. The Hall–Kier alpha value is -4.14. The van der Waals surface area contributed by atoms with Gasteiger partial charge in [-0.05, 0) is 69.3 Å². The molecule has 0 saturated carbocycles. The quantitative estimate of drug-likeness (QED) is 0.332. The normalized spacial score (nSPS) is 11.0. The van der Waals surface area contributed by atoms with Gasteiger partial charge in [0.2, 0.25) is 11.7 Å². The van der Waals surface area contributed by atoms with Gasteiger partial charge in [0.1, 0.15) is 5.75 Å². The molecule has 0 atom stereocenters. The van der Waals surface area contributed by atoms with Crippen molar-refractivity contribution in [2.75, 3.05) is 13.7 Å². The van der Waals surface area contributed by atoms with Crippen LogP contribution in [0.25, 0.3) is 22.6 Å². The van der Waals surface area contributed by atoms with E-state index in [0.29, 0.717) is 48.5 Å². The first-order valence-corrected chi connectivity index (χ1v) is 11.5. The van der Waals surface area contributed by atoms with Crippen LogP contribution in [-0.4, -0.2) is 39.7 Å². The van der Waals surface area contributed by atoms with Crippen LogP contribution in [0.2, 0.25) is 0 Å². The van der Waals surface area contributed by atoms with Gasteiger partial charge >= 0.3 is 0 Å². The average Bonchev–Trinajstić information content (AvgIpc) is 3.33. The molecular weight excluding hydrogens is 448 g/mol. The predicted molar refractivity (Wildman–Crippen MR) is 131 cm³/mol. The first-order chi connectivity index (χ1) is 17.0. The Morgan fingerprint density at radius 1 is 1.00 bits per heavy atom. The molecule has 9 nitrogen and oxygen atoms in total. The van der Waals surface area contributed by atoms with E-state index in [2.05, 4.69) is 15.2 Å². The summed E-state index contributed by atoms with van der Waals surface area (Å²) in [4.78, 5) is 16.8. The van der Waals surface area contributed by atoms with Crippen LogP contribution in [0.4, 0.5) is 0 Å². The second-order valence-electron chi connectivity index (χ2n) is 8.03. The minimum atomic E-state index is -0.204. The molecule has 9 heteroatoms. The summed E-state index contributed by atoms with van der Waals surface area (Å²) in [5, 5.41) is 8.57. The summed E-state index contributed by atoms with van der Waals surface area (Å²) in [7, 11) is 1.58. The minimum absolute atomic E-state index is 0.0245. The zero-order chi connectivity index (χ0) is 24.8. The molecule has 2 aromatic carbocycles. The van der Waals surface area contributed by atoms with Crippen molar-refractivity contribution in [3.63, 3.8) is 0 Å². The highest BCUT2D eigenvalue weighted by Crippen LogP contribution is 2.32. The third-order valence-corrected chi connectivity index (χ3v) is 5.12. The van der Waals surface area contributed by atoms with Gasteiger partial charge in [0.05, 0.1) is 32.1 Å². The number of hydrogen-bond acceptors (Lipinski definition) is 8. The van der Waals surface area contributed by atoms with Crippen LogP contribution >= 0.6 is 0 Å². The lowest BCUT2D eigenvalue weighted by Crippen LogP contribution is -2.23. The first-order valence-electron chi connectivity index (χ1n) is 11.5. The van der Waals surface area contributed by atoms with Crippen LogP contribution in [0.3, 0.4) is 0 Å². The van der Waals surface area contributed by atoms with Crippen molar-refractivity contribution in [3.05, 3.63) is 70.8 Å². The topological polar surface area (TPSA) is 102 Å². The molecule has 0 spiro atoms. The largest absolute Gasteiger partial charge is 0.494 e. The summed E-state index contributed by atoms with van der Waals surface area (Å²) < 4.78 is 23.5. The van der Waals surface area contributed by atoms with Crippen LogP contribution in [0.1, 0.15) is 26.7 Å². The van der Waals surface area contributed by atoms with Gasteiger partial charge in [-0.25, -0.2) is 4.68 Å². The third kappa shape index (κ3) is 5.87. The highest BCUT2D eigenvalue weighted by atomic mass is 16.5. The average molecular weight is 477 g/mol. The van der Waals surface area contributed by atoms with Gasteiger partial charge in [-0.1, -0.05) is 5.16 Å². The molecule has 0 fully saturated rings. The van der Waals surface area contributed by atoms with E-state index >= 15 is 0 Å². The van der Waals surface area contributed by atoms with Gasteiger partial charge in [0.15, 0.2) is 11.5 Å². The van der Waals surface area contributed by atoms with Gasteiger partial charge in [-0.3, -0.25) is 4.79 Å². The fraction of sp³-hybridized carbons (Fsp3) is 0.308. The van der Waals surface area contributed by atoms with Crippen molar-refractivity contribution in [1.82, 2.24) is 19.9 Å². The standard InChI is InChI=1S/C26H28N4O5/c1-5-33-20-9-6-18(7-10-20)21-11-13-25(31)30(28-21)15-14-24-27-26(29-35-24)19-8-12-22(34-17(2)3)23(16-19)32-4/h6-13,16-17H,5,14-15H2,1-4H3. The molecule has 2 heterocycles. The molecule has 0 aliphatic carbocycles. The van der Waals surface area contributed by atoms with E-state index < -0.39 is 0 Å². The van der Waals surface area contributed by atoms with E-state index in [4.69, 9.17) is 18.7 Å². The molecule has 0 unspecified atom stereocenters. The first kappa shape index (κ1) is 24.0. The van der Waals surface area contributed by atoms with Crippen molar-refractivity contribution < 1.29 is 18.7 Å². The molecular formula is C26H28N4O5. The molecule has 2 aromatic heterocycles. The lowest BCUT2D eigenvalue weighted by Gasteiger charge is -2.13. The molecule has 0 amide bonds. The molecule has 4 rings (SSSR count). The van der Waals surface area contributed by atoms with Gasteiger partial charge in [0, 0.05) is 23.6 Å². The number of methoxy groups -OCH3 is 1. The second kappa shape index (κ2) is 10.9. The molecule has 0 radical (unpaired) electrons. The Morgan fingerprint density at radius 2 is 1.77 bits per heavy atom. The van der Waals surface area contributed by atoms with Gasteiger partial charge < -0.3 is 18.7 Å². The Bertz CT molecular complexity index is 1330. The van der Waals surface area contributed by atoms with Gasteiger partial charge in [-0.15, -0.1) is 0 Å². The van der Waals surface area contributed by atoms with Crippen molar-refractivity contribution in [1.29, 1.82) is 0 Å². The number of aromatic nitrogens is 4. The van der Waals surface area contributed by atoms with E-state index in [1.165, 1.54) is 10.7 Å². The van der Waals surface area contributed by atoms with Crippen molar-refractivity contribution in [2.45, 2.75) is 39.8 Å². The molecule has 0 N–H and O–H groups in total. The Morgan fingerprint density at radius 3 is 2.49 bits per heavy atom. The number of hydrogen-bond donors (Lipinski definition) is 0. The Kier molecular flexibility index (Phi) is 7.45. The highest BCUT2D eigenvalue weighted by Gasteiger charge is 2.14. The second-order valence-corrected chi connectivity index (χ2v) is 8.03. The molecule has 0 aliphatic rings. The van der Waals surface area contributed by atoms with E-state index in [9.17, 15) is 4.79 Å². The Balaban J connectivity index is 1.47. The summed E-state index contributed by atoms with van der Waals surface area (Å²) >= 11 is 0. The summed E-state index contributed by atoms with van der Waals surface area (Å²) in [6.45, 7) is 6.74. The van der Waals surface area contributed by atoms with Crippen molar-refractivity contribution in [2.24, 2.45) is 0 Å². The number of nitrogens with zero attached hydrogens (tertiary/aromatic N) is 4. The maximum absolute atomic E-state index is 12.4. The number of aryl methyl sites for hydroxylation is 2. The smallest absolute Gasteiger partial charge is 0.266 e. The third-order valence-electron chi connectivity index (χ3n) is 5.12. The van der Waals surface area contributed by atoms with E-state index in [0.717, 1.165) is 16.9 Å². The summed E-state index contributed by atoms with van der Waals surface area (Å²) in [5.74, 6) is 2.85. The maximum Gasteiger partial charge on any atom is 0.266 e. The summed E-state index contributed by atoms with van der Waals surface area (Å²) in [5.41, 5.74) is 2.11. The SMILES string of the molecule is CCOc1ccc(-c2ccc(=O)n(CCc3nc(-c4ccc(OC(C)C)c(OC)c4)no3)n2)cc1. The van der Waals surface area contributed by atoms with Crippen LogP contribution in [0, 0.1) is 0 Å². The van der Waals surface area contributed by atoms with Crippen molar-refractivity contribution in [3.8, 4) is 39.9 Å². The van der Waals surface area contributed by atoms with Crippen molar-refractivity contribution >= 4 is 0 Å². The molecule has 4 aromatic rings. The van der Waals surface area contributed by atoms with Gasteiger partial charge in [-0.2, -0.15) is 10.1 Å². The van der Waals surface area contributed by atoms with E-state index in [-0.39, 0.29) is 11.7 Å². The van der Waals surface area contributed by atoms with Crippen LogP contribution < -0.4 is 19.8 Å². The lowest BCUT2D eigenvalue weighted by atomic mass is 10.1. The molecule has 0 bridgehead atoms. The molecule has 0 saturated heterocycles. The molecule has 0 aliphatic heterocycles. The van der Waals surface area contributed by atoms with Gasteiger partial charge in [0.25, 0.3) is 5.56 Å². The van der Waals surface area contributed by atoms with Crippen LogP contribution in [0.5, 0.6) is 17.2 Å². The van der Waals surface area contributed by atoms with E-state index in [1.807, 2.05) is 57.2 Å². The zero-order valence-electron chi connectivity index (χ0n) is 20.2. The van der Waals surface area contributed by atoms with E-state index in [1.54, 1.807) is 19.2 Å². The monoisotopic (exact) mass is 476 g/mol. The highest BCUT2D eigenvalue weighted by molar-refractivity contribution is 5.61. The van der Waals surface area contributed by atoms with Crippen LogP contribution in [-0.2, 0) is 13.0 Å². The number of ether oxygens (including phenoxy) is 3. The molecule has 182 valence electrons. The zero-order valence-corrected chi connectivity index (χ0v) is 20.2. The Labute approximate surface area is 203 Å².